The van der Waals surface area contributed by atoms with E-state index in [1.165, 1.54) is 12.7 Å². The summed E-state index contributed by atoms with van der Waals surface area (Å²) in [6.45, 7) is 9.08. The van der Waals surface area contributed by atoms with E-state index in [0.29, 0.717) is 31.1 Å². The van der Waals surface area contributed by atoms with Crippen LogP contribution in [0.1, 0.15) is 77.3 Å². The van der Waals surface area contributed by atoms with Crippen LogP contribution in [-0.2, 0) is 26.2 Å². The van der Waals surface area contributed by atoms with E-state index in [0.717, 1.165) is 41.8 Å². The first-order valence-electron chi connectivity index (χ1n) is 13.0. The molecule has 1 atom stereocenters. The first-order valence-corrected chi connectivity index (χ1v) is 13.3. The molecule has 2 fully saturated rings. The number of benzene rings is 1. The van der Waals surface area contributed by atoms with Gasteiger partial charge in [0, 0.05) is 35.7 Å². The molecule has 2 saturated carbocycles. The fourth-order valence-electron chi connectivity index (χ4n) is 5.91. The molecular formula is C29H40ClNO4. The summed E-state index contributed by atoms with van der Waals surface area (Å²) in [5.41, 5.74) is 3.29. The van der Waals surface area contributed by atoms with Gasteiger partial charge in [0.15, 0.2) is 0 Å². The highest BCUT2D eigenvalue weighted by molar-refractivity contribution is 6.31. The van der Waals surface area contributed by atoms with Gasteiger partial charge in [-0.15, -0.1) is 0 Å². The molecule has 2 aliphatic carbocycles. The molecule has 0 saturated heterocycles. The molecule has 0 radical (unpaired) electrons. The molecule has 1 aliphatic heterocycles. The zero-order chi connectivity index (χ0) is 25.5. The zero-order valence-corrected chi connectivity index (χ0v) is 22.5. The molecule has 0 aromatic heterocycles. The number of esters is 1. The summed E-state index contributed by atoms with van der Waals surface area (Å²) >= 11 is 6.78. The minimum Gasteiger partial charge on any atom is -0.469 e. The van der Waals surface area contributed by atoms with Crippen molar-refractivity contribution in [2.45, 2.75) is 84.1 Å². The van der Waals surface area contributed by atoms with Gasteiger partial charge in [0.05, 0.1) is 13.0 Å². The van der Waals surface area contributed by atoms with Crippen LogP contribution in [0.5, 0.6) is 0 Å². The summed E-state index contributed by atoms with van der Waals surface area (Å²) in [6, 6.07) is 6.39. The number of aryl methyl sites for hydroxylation is 1. The van der Waals surface area contributed by atoms with E-state index in [2.05, 4.69) is 52.1 Å². The highest BCUT2D eigenvalue weighted by atomic mass is 35.5. The van der Waals surface area contributed by atoms with Crippen molar-refractivity contribution in [3.05, 3.63) is 46.1 Å². The van der Waals surface area contributed by atoms with Crippen molar-refractivity contribution in [3.63, 3.8) is 0 Å². The lowest BCUT2D eigenvalue weighted by Crippen LogP contribution is -2.52. The molecule has 3 aliphatic rings. The number of aliphatic hydroxyl groups excluding tert-OH is 1. The van der Waals surface area contributed by atoms with E-state index in [1.54, 1.807) is 0 Å². The Morgan fingerprint density at radius 3 is 2.49 bits per heavy atom. The van der Waals surface area contributed by atoms with Gasteiger partial charge in [0.2, 0.25) is 5.91 Å². The smallest absolute Gasteiger partial charge is 0.308 e. The van der Waals surface area contributed by atoms with Gasteiger partial charge >= 0.3 is 5.97 Å². The molecule has 1 aromatic rings. The van der Waals surface area contributed by atoms with Crippen molar-refractivity contribution < 1.29 is 19.4 Å². The number of hydrogen-bond acceptors (Lipinski definition) is 4. The van der Waals surface area contributed by atoms with Crippen LogP contribution in [0.15, 0.2) is 30.0 Å². The fourth-order valence-corrected chi connectivity index (χ4v) is 6.18. The van der Waals surface area contributed by atoms with Gasteiger partial charge in [-0.2, -0.15) is 0 Å². The van der Waals surface area contributed by atoms with Crippen molar-refractivity contribution >= 4 is 23.5 Å². The van der Waals surface area contributed by atoms with E-state index in [4.69, 9.17) is 16.3 Å². The lowest BCUT2D eigenvalue weighted by molar-refractivity contribution is -0.153. The van der Waals surface area contributed by atoms with Crippen LogP contribution in [0, 0.1) is 23.2 Å². The third kappa shape index (κ3) is 5.32. The summed E-state index contributed by atoms with van der Waals surface area (Å²) < 4.78 is 4.88. The van der Waals surface area contributed by atoms with Crippen LogP contribution in [0.3, 0.4) is 0 Å². The van der Waals surface area contributed by atoms with Gasteiger partial charge in [0.25, 0.3) is 0 Å². The Morgan fingerprint density at radius 1 is 1.23 bits per heavy atom. The average molecular weight is 502 g/mol. The van der Waals surface area contributed by atoms with E-state index in [-0.39, 0.29) is 35.9 Å². The topological polar surface area (TPSA) is 66.8 Å². The Labute approximate surface area is 214 Å². The van der Waals surface area contributed by atoms with Crippen LogP contribution in [0.2, 0.25) is 5.02 Å². The second-order valence-electron chi connectivity index (χ2n) is 12.3. The molecule has 6 heteroatoms. The highest BCUT2D eigenvalue weighted by Gasteiger charge is 2.49. The zero-order valence-electron chi connectivity index (χ0n) is 21.8. The van der Waals surface area contributed by atoms with Crippen LogP contribution in [-0.4, -0.2) is 41.6 Å². The van der Waals surface area contributed by atoms with Crippen LogP contribution in [0.25, 0.3) is 0 Å². The quantitative estimate of drug-likeness (QED) is 0.489. The maximum absolute atomic E-state index is 13.4. The SMILES string of the molecule is COC(=O)C1CC(N2C=C(C3CC(CO)C3)[C@](C)(c3ccc(CCC(C)(C)C)c(Cl)c3)CC2=O)C1. The largest absolute Gasteiger partial charge is 0.469 e. The standard InChI is InChI=1S/C29H40ClNO4/c1-28(2,3)9-8-19-6-7-22(14-25(19)30)29(4)15-26(33)31(23-12-21(13-23)27(34)35-5)16-24(29)20-10-18(11-20)17-32/h6-7,14,16,18,20-21,23,32H,8-13,15,17H2,1-5H3/t18?,20?,21?,23?,29-/m0/s1. The van der Waals surface area contributed by atoms with Crippen molar-refractivity contribution in [2.75, 3.05) is 13.7 Å². The third-order valence-corrected chi connectivity index (χ3v) is 8.87. The minimum absolute atomic E-state index is 0.0447. The van der Waals surface area contributed by atoms with Crippen molar-refractivity contribution in [3.8, 4) is 0 Å². The number of ether oxygens (including phenoxy) is 1. The molecule has 0 bridgehead atoms. The van der Waals surface area contributed by atoms with E-state index < -0.39 is 5.41 Å². The van der Waals surface area contributed by atoms with Gasteiger partial charge in [0.1, 0.15) is 0 Å². The Balaban J connectivity index is 1.61. The van der Waals surface area contributed by atoms with Gasteiger partial charge in [-0.3, -0.25) is 9.59 Å². The summed E-state index contributed by atoms with van der Waals surface area (Å²) in [6.07, 6.45) is 7.62. The second-order valence-corrected chi connectivity index (χ2v) is 12.7. The number of carbonyl (C=O) groups excluding carboxylic acids is 2. The van der Waals surface area contributed by atoms with E-state index in [1.807, 2.05) is 4.90 Å². The summed E-state index contributed by atoms with van der Waals surface area (Å²) in [4.78, 5) is 27.2. The number of amides is 1. The second kappa shape index (κ2) is 9.89. The Bertz CT molecular complexity index is 1000. The molecule has 0 spiro atoms. The number of halogens is 1. The minimum atomic E-state index is -0.434. The first-order chi connectivity index (χ1) is 16.4. The fraction of sp³-hybridized carbons (Fsp3) is 0.655. The van der Waals surface area contributed by atoms with Gasteiger partial charge < -0.3 is 14.7 Å². The number of nitrogens with zero attached hydrogens (tertiary/aromatic N) is 1. The lowest BCUT2D eigenvalue weighted by atomic mass is 9.60. The number of hydrogen-bond donors (Lipinski definition) is 1. The van der Waals surface area contributed by atoms with Crippen LogP contribution >= 0.6 is 11.6 Å². The summed E-state index contributed by atoms with van der Waals surface area (Å²) in [7, 11) is 1.42. The average Bonchev–Trinajstić information content (AvgIpc) is 2.72. The maximum Gasteiger partial charge on any atom is 0.308 e. The van der Waals surface area contributed by atoms with Gasteiger partial charge in [-0.25, -0.2) is 0 Å². The van der Waals surface area contributed by atoms with Crippen molar-refractivity contribution in [1.82, 2.24) is 4.90 Å². The predicted octanol–water partition coefficient (Wildman–Crippen LogP) is 5.66. The Kier molecular flexibility index (Phi) is 7.41. The monoisotopic (exact) mass is 501 g/mol. The molecule has 192 valence electrons. The number of allylic oxidation sites excluding steroid dienone is 1. The molecular weight excluding hydrogens is 462 g/mol. The Hall–Kier alpha value is -1.85. The highest BCUT2D eigenvalue weighted by Crippen LogP contribution is 2.51. The molecule has 1 aromatic carbocycles. The molecule has 1 N–H and O–H groups in total. The first kappa shape index (κ1) is 26.2. The molecule has 1 heterocycles. The third-order valence-electron chi connectivity index (χ3n) is 8.52. The van der Waals surface area contributed by atoms with E-state index in [9.17, 15) is 14.7 Å². The van der Waals surface area contributed by atoms with Gasteiger partial charge in [-0.05, 0) is 78.5 Å². The number of rotatable bonds is 7. The van der Waals surface area contributed by atoms with Crippen molar-refractivity contribution in [1.29, 1.82) is 0 Å². The van der Waals surface area contributed by atoms with Crippen LogP contribution in [0.4, 0.5) is 0 Å². The van der Waals surface area contributed by atoms with Crippen molar-refractivity contribution in [2.24, 2.45) is 23.2 Å². The maximum atomic E-state index is 13.4. The molecule has 5 nitrogen and oxygen atoms in total. The number of carbonyl (C=O) groups is 2. The van der Waals surface area contributed by atoms with Gasteiger partial charge in [-0.1, -0.05) is 51.4 Å². The van der Waals surface area contributed by atoms with Crippen LogP contribution < -0.4 is 0 Å². The molecule has 1 amide bonds. The summed E-state index contributed by atoms with van der Waals surface area (Å²) in [5, 5.41) is 10.4. The summed E-state index contributed by atoms with van der Waals surface area (Å²) in [5.74, 6) is 0.446. The normalized spacial score (nSPS) is 30.9. The van der Waals surface area contributed by atoms with E-state index >= 15 is 0 Å². The molecule has 4 rings (SSSR count). The molecule has 35 heavy (non-hydrogen) atoms. The lowest BCUT2D eigenvalue weighted by Gasteiger charge is -2.50. The Morgan fingerprint density at radius 2 is 1.91 bits per heavy atom. The number of aliphatic hydroxyl groups is 1. The predicted molar refractivity (Wildman–Crippen MR) is 138 cm³/mol. The number of methoxy groups -OCH3 is 1. The molecule has 0 unspecified atom stereocenters.